The molecular weight excluding hydrogens is 394 g/mol. The maximum Gasteiger partial charge on any atom is 0.240 e. The third-order valence-electron chi connectivity index (χ3n) is 5.80. The van der Waals surface area contributed by atoms with Crippen molar-refractivity contribution in [1.29, 1.82) is 0 Å². The van der Waals surface area contributed by atoms with Crippen LogP contribution >= 0.6 is 11.8 Å². The molecule has 0 aromatic heterocycles. The lowest BCUT2D eigenvalue weighted by Gasteiger charge is -2.38. The lowest BCUT2D eigenvalue weighted by atomic mass is 10.1. The molecule has 2 unspecified atom stereocenters. The molecule has 1 aliphatic heterocycles. The Morgan fingerprint density at radius 3 is 2.13 bits per heavy atom. The topological polar surface area (TPSA) is 52.7 Å². The van der Waals surface area contributed by atoms with Crippen molar-refractivity contribution in [3.05, 3.63) is 66.2 Å². The van der Waals surface area contributed by atoms with E-state index in [4.69, 9.17) is 0 Å². The van der Waals surface area contributed by atoms with Gasteiger partial charge in [0, 0.05) is 37.1 Å². The summed E-state index contributed by atoms with van der Waals surface area (Å²) in [4.78, 5) is 31.1. The standard InChI is InChI=1S/C24H29N3O2S/c1-18(23(28)25-20-12-13-20)26-14-16-27(17-15-26)24(29)22(19-8-4-2-5-9-19)30-21-10-6-3-7-11-21/h2-11,18,20,22H,12-17H2,1H3,(H,25,28). The minimum Gasteiger partial charge on any atom is -0.352 e. The van der Waals surface area contributed by atoms with E-state index in [9.17, 15) is 9.59 Å². The molecule has 2 aromatic rings. The monoisotopic (exact) mass is 423 g/mol. The summed E-state index contributed by atoms with van der Waals surface area (Å²) in [6.07, 6.45) is 2.20. The van der Waals surface area contributed by atoms with Gasteiger partial charge in [-0.25, -0.2) is 0 Å². The zero-order valence-electron chi connectivity index (χ0n) is 17.4. The summed E-state index contributed by atoms with van der Waals surface area (Å²) in [7, 11) is 0. The maximum absolute atomic E-state index is 13.5. The molecule has 0 spiro atoms. The zero-order chi connectivity index (χ0) is 20.9. The number of thioether (sulfide) groups is 1. The van der Waals surface area contributed by atoms with Gasteiger partial charge in [0.1, 0.15) is 5.25 Å². The summed E-state index contributed by atoms with van der Waals surface area (Å²) in [5, 5.41) is 2.82. The highest BCUT2D eigenvalue weighted by molar-refractivity contribution is 8.00. The van der Waals surface area contributed by atoms with Crippen molar-refractivity contribution < 1.29 is 9.59 Å². The second kappa shape index (κ2) is 9.67. The van der Waals surface area contributed by atoms with Crippen LogP contribution < -0.4 is 5.32 Å². The first-order valence-electron chi connectivity index (χ1n) is 10.7. The minimum atomic E-state index is -0.268. The van der Waals surface area contributed by atoms with E-state index in [1.165, 1.54) is 0 Å². The lowest BCUT2D eigenvalue weighted by Crippen LogP contribution is -2.55. The third kappa shape index (κ3) is 5.24. The highest BCUT2D eigenvalue weighted by atomic mass is 32.2. The molecule has 1 saturated carbocycles. The number of nitrogens with one attached hydrogen (secondary N) is 1. The molecule has 2 aromatic carbocycles. The molecule has 1 N–H and O–H groups in total. The molecule has 2 atom stereocenters. The van der Waals surface area contributed by atoms with E-state index in [2.05, 4.69) is 10.2 Å². The Bertz CT molecular complexity index is 849. The average molecular weight is 424 g/mol. The van der Waals surface area contributed by atoms with E-state index in [1.807, 2.05) is 72.5 Å². The van der Waals surface area contributed by atoms with Crippen LogP contribution in [0, 0.1) is 0 Å². The number of amides is 2. The number of carbonyl (C=O) groups excluding carboxylic acids is 2. The zero-order valence-corrected chi connectivity index (χ0v) is 18.2. The Morgan fingerprint density at radius 2 is 1.53 bits per heavy atom. The molecule has 2 fully saturated rings. The van der Waals surface area contributed by atoms with Crippen molar-refractivity contribution in [2.45, 2.75) is 42.0 Å². The van der Waals surface area contributed by atoms with Crippen LogP contribution in [0.4, 0.5) is 0 Å². The summed E-state index contributed by atoms with van der Waals surface area (Å²) in [6.45, 7) is 4.72. The molecule has 1 aliphatic carbocycles. The molecule has 1 saturated heterocycles. The van der Waals surface area contributed by atoms with Crippen molar-refractivity contribution in [1.82, 2.24) is 15.1 Å². The summed E-state index contributed by atoms with van der Waals surface area (Å²) in [5.41, 5.74) is 1.02. The summed E-state index contributed by atoms with van der Waals surface area (Å²) in [5.74, 6) is 0.254. The van der Waals surface area contributed by atoms with Crippen molar-refractivity contribution in [3.63, 3.8) is 0 Å². The third-order valence-corrected chi connectivity index (χ3v) is 7.05. The van der Waals surface area contributed by atoms with Gasteiger partial charge in [0.25, 0.3) is 0 Å². The van der Waals surface area contributed by atoms with Crippen LogP contribution in [0.25, 0.3) is 0 Å². The Balaban J connectivity index is 1.40. The van der Waals surface area contributed by atoms with Gasteiger partial charge in [0.05, 0.1) is 6.04 Å². The Labute approximate surface area is 182 Å². The normalized spacial score (nSPS) is 19.2. The van der Waals surface area contributed by atoms with E-state index in [1.54, 1.807) is 11.8 Å². The van der Waals surface area contributed by atoms with Gasteiger partial charge in [-0.05, 0) is 37.5 Å². The van der Waals surface area contributed by atoms with E-state index >= 15 is 0 Å². The fraction of sp³-hybridized carbons (Fsp3) is 0.417. The van der Waals surface area contributed by atoms with Gasteiger partial charge in [-0.2, -0.15) is 0 Å². The first-order chi connectivity index (χ1) is 14.6. The van der Waals surface area contributed by atoms with Gasteiger partial charge in [0.15, 0.2) is 0 Å². The fourth-order valence-corrected chi connectivity index (χ4v) is 4.86. The summed E-state index contributed by atoms with van der Waals surface area (Å²) < 4.78 is 0. The van der Waals surface area contributed by atoms with Crippen LogP contribution in [0.5, 0.6) is 0 Å². The molecule has 6 heteroatoms. The molecule has 1 heterocycles. The summed E-state index contributed by atoms with van der Waals surface area (Å²) in [6, 6.07) is 20.3. The van der Waals surface area contributed by atoms with Crippen molar-refractivity contribution >= 4 is 23.6 Å². The number of hydrogen-bond acceptors (Lipinski definition) is 4. The molecular formula is C24H29N3O2S. The average Bonchev–Trinajstić information content (AvgIpc) is 3.62. The highest BCUT2D eigenvalue weighted by Gasteiger charge is 2.33. The molecule has 0 bridgehead atoms. The van der Waals surface area contributed by atoms with Crippen LogP contribution in [0.15, 0.2) is 65.6 Å². The van der Waals surface area contributed by atoms with Crippen molar-refractivity contribution in [2.24, 2.45) is 0 Å². The van der Waals surface area contributed by atoms with Crippen LogP contribution in [-0.2, 0) is 9.59 Å². The quantitative estimate of drug-likeness (QED) is 0.694. The van der Waals surface area contributed by atoms with Gasteiger partial charge in [-0.15, -0.1) is 11.8 Å². The van der Waals surface area contributed by atoms with Gasteiger partial charge in [0.2, 0.25) is 11.8 Å². The molecule has 158 valence electrons. The molecule has 2 aliphatic rings. The van der Waals surface area contributed by atoms with Crippen LogP contribution in [-0.4, -0.2) is 59.9 Å². The molecule has 5 nitrogen and oxygen atoms in total. The van der Waals surface area contributed by atoms with Gasteiger partial charge in [-0.3, -0.25) is 14.5 Å². The predicted octanol–water partition coefficient (Wildman–Crippen LogP) is 3.33. The molecule has 0 radical (unpaired) electrons. The number of hydrogen-bond donors (Lipinski definition) is 1. The Hall–Kier alpha value is -2.31. The van der Waals surface area contributed by atoms with Crippen LogP contribution in [0.2, 0.25) is 0 Å². The minimum absolute atomic E-state index is 0.110. The van der Waals surface area contributed by atoms with E-state index in [0.29, 0.717) is 19.1 Å². The number of nitrogens with zero attached hydrogens (tertiary/aromatic N) is 2. The lowest BCUT2D eigenvalue weighted by molar-refractivity contribution is -0.133. The second-order valence-electron chi connectivity index (χ2n) is 8.04. The first-order valence-corrected chi connectivity index (χ1v) is 11.6. The largest absolute Gasteiger partial charge is 0.352 e. The first kappa shape index (κ1) is 20.9. The smallest absolute Gasteiger partial charge is 0.240 e. The highest BCUT2D eigenvalue weighted by Crippen LogP contribution is 2.36. The van der Waals surface area contributed by atoms with Crippen molar-refractivity contribution in [3.8, 4) is 0 Å². The van der Waals surface area contributed by atoms with Crippen LogP contribution in [0.3, 0.4) is 0 Å². The maximum atomic E-state index is 13.5. The van der Waals surface area contributed by atoms with Crippen molar-refractivity contribution in [2.75, 3.05) is 26.2 Å². The van der Waals surface area contributed by atoms with Gasteiger partial charge in [-0.1, -0.05) is 48.5 Å². The molecule has 4 rings (SSSR count). The van der Waals surface area contributed by atoms with E-state index < -0.39 is 0 Å². The molecule has 30 heavy (non-hydrogen) atoms. The van der Waals surface area contributed by atoms with E-state index in [0.717, 1.165) is 36.4 Å². The fourth-order valence-electron chi connectivity index (χ4n) is 3.73. The van der Waals surface area contributed by atoms with Gasteiger partial charge < -0.3 is 10.2 Å². The predicted molar refractivity (Wildman–Crippen MR) is 120 cm³/mol. The Morgan fingerprint density at radius 1 is 0.933 bits per heavy atom. The van der Waals surface area contributed by atoms with Crippen LogP contribution in [0.1, 0.15) is 30.6 Å². The molecule has 2 amide bonds. The Kier molecular flexibility index (Phi) is 6.75. The SMILES string of the molecule is CC(C(=O)NC1CC1)N1CCN(C(=O)C(Sc2ccccc2)c2ccccc2)CC1. The summed E-state index contributed by atoms with van der Waals surface area (Å²) >= 11 is 1.60. The number of piperazine rings is 1. The van der Waals surface area contributed by atoms with E-state index in [-0.39, 0.29) is 23.1 Å². The van der Waals surface area contributed by atoms with Gasteiger partial charge >= 0.3 is 0 Å². The number of carbonyl (C=O) groups is 2. The number of rotatable bonds is 7. The second-order valence-corrected chi connectivity index (χ2v) is 9.22. The number of benzene rings is 2.